The minimum atomic E-state index is -6.07. The van der Waals surface area contributed by atoms with Crippen molar-refractivity contribution in [1.29, 1.82) is 0 Å². The molecule has 0 N–H and O–H groups in total. The minimum absolute atomic E-state index is 0. The summed E-state index contributed by atoms with van der Waals surface area (Å²) in [6.07, 6.45) is 0. The third-order valence-electron chi connectivity index (χ3n) is 0.333. The fourth-order valence-electron chi connectivity index (χ4n) is 0.204. The predicted molar refractivity (Wildman–Crippen MR) is 10.9 cm³/mol. The number of rotatable bonds is 4. The molecule has 0 aromatic heterocycles. The Balaban J connectivity index is -0.000000256. The van der Waals surface area contributed by atoms with Crippen molar-refractivity contribution in [2.24, 2.45) is 0 Å². The molecule has 0 atom stereocenters. The number of hydrogen-bond donors (Lipinski definition) is 0. The molecule has 0 amide bonds. The summed E-state index contributed by atoms with van der Waals surface area (Å²) in [5.74, 6) is 0. The Morgan fingerprint density at radius 1 is 0.474 bits per heavy atom. The standard InChI is InChI=1S/C.4Cr.14O/q+4;;;;;;;;;;;;;;;4*-1. The fraction of sp³-hybridized carbons (Fsp3) is 0. The Bertz CT molecular complexity index is 532. The summed E-state index contributed by atoms with van der Waals surface area (Å²) in [4.78, 5) is 0. The van der Waals surface area contributed by atoms with E-state index in [4.69, 9.17) is 0 Å². The summed E-state index contributed by atoms with van der Waals surface area (Å²) < 4.78 is 118. The molecular weight excluding hydrogens is 444 g/mol. The van der Waals surface area contributed by atoms with Crippen molar-refractivity contribution < 1.29 is 107 Å². The molecule has 112 valence electrons. The Labute approximate surface area is 114 Å². The molecule has 0 fully saturated rings. The molecule has 0 aromatic carbocycles. The SMILES string of the molecule is [C+4].[O]=[Cr](=[O])([O-])[O][Cr](=[O])(=[O])[O-].[O]=[Cr](=[O])([O-])[O][Cr](=[O])(=[O])[O-]. The molecule has 0 radical (unpaired) electrons. The van der Waals surface area contributed by atoms with Gasteiger partial charge in [-0.2, -0.15) is 0 Å². The Kier molecular flexibility index (Phi) is 10.1. The summed E-state index contributed by atoms with van der Waals surface area (Å²) in [5.41, 5.74) is 0. The van der Waals surface area contributed by atoms with E-state index in [2.05, 4.69) is 5.68 Å². The zero-order valence-corrected chi connectivity index (χ0v) is 12.9. The van der Waals surface area contributed by atoms with Crippen LogP contribution in [-0.4, -0.2) is 0 Å². The van der Waals surface area contributed by atoms with Gasteiger partial charge in [0.1, 0.15) is 0 Å². The van der Waals surface area contributed by atoms with E-state index in [9.17, 15) is 47.1 Å². The van der Waals surface area contributed by atoms with Crippen molar-refractivity contribution in [2.45, 2.75) is 0 Å². The van der Waals surface area contributed by atoms with Crippen LogP contribution < -0.4 is 16.6 Å². The quantitative estimate of drug-likeness (QED) is 0.392. The molecule has 19 heavy (non-hydrogen) atoms. The number of hydrogen-bond acceptors (Lipinski definition) is 14. The second-order valence-corrected chi connectivity index (χ2v) is 9.05. The monoisotopic (exact) mass is 444 g/mol. The Morgan fingerprint density at radius 3 is 0.579 bits per heavy atom. The Hall–Kier alpha value is 0.290. The molecule has 0 saturated carbocycles. The van der Waals surface area contributed by atoms with E-state index in [-0.39, 0.29) is 7.43 Å². The van der Waals surface area contributed by atoms with E-state index in [1.54, 1.807) is 0 Å². The molecule has 14 nitrogen and oxygen atoms in total. The molecule has 0 aliphatic rings. The van der Waals surface area contributed by atoms with Gasteiger partial charge in [-0.05, 0) is 0 Å². The zero-order chi connectivity index (χ0) is 15.4. The van der Waals surface area contributed by atoms with E-state index in [1.165, 1.54) is 0 Å². The average molecular weight is 444 g/mol. The molecule has 0 unspecified atom stereocenters. The molecule has 0 heterocycles. The third kappa shape index (κ3) is 32.1. The van der Waals surface area contributed by atoms with Crippen molar-refractivity contribution in [2.75, 3.05) is 0 Å². The van der Waals surface area contributed by atoms with Crippen LogP contribution in [0.15, 0.2) is 0 Å². The zero-order valence-electron chi connectivity index (χ0n) is 7.85. The van der Waals surface area contributed by atoms with Gasteiger partial charge in [0.2, 0.25) is 0 Å². The van der Waals surface area contributed by atoms with Crippen LogP contribution in [0.1, 0.15) is 0 Å². The van der Waals surface area contributed by atoms with Gasteiger partial charge < -0.3 is 0 Å². The molecule has 0 aliphatic carbocycles. The van der Waals surface area contributed by atoms with Gasteiger partial charge in [0.25, 0.3) is 0 Å². The van der Waals surface area contributed by atoms with Gasteiger partial charge in [-0.25, -0.2) is 0 Å². The first-order chi connectivity index (χ1) is 7.41. The molecule has 0 saturated heterocycles. The van der Waals surface area contributed by atoms with Crippen LogP contribution in [0.25, 0.3) is 0 Å². The molecular formula is CCr4O14. The maximum atomic E-state index is 9.38. The second-order valence-electron chi connectivity index (χ2n) is 1.77. The average Bonchev–Trinajstić information content (AvgIpc) is 1.64. The van der Waals surface area contributed by atoms with Gasteiger partial charge in [-0.15, -0.1) is 0 Å². The summed E-state index contributed by atoms with van der Waals surface area (Å²) >= 11 is -24.3. The van der Waals surface area contributed by atoms with Crippen molar-refractivity contribution in [3.05, 3.63) is 7.43 Å². The van der Waals surface area contributed by atoms with Crippen LogP contribution in [0.4, 0.5) is 0 Å². The van der Waals surface area contributed by atoms with Crippen LogP contribution in [0, 0.1) is 7.43 Å². The van der Waals surface area contributed by atoms with Crippen LogP contribution in [0.2, 0.25) is 0 Å². The topological polar surface area (TPSA) is 247 Å². The van der Waals surface area contributed by atoms with E-state index in [0.717, 1.165) is 0 Å². The molecule has 0 aromatic rings. The summed E-state index contributed by atoms with van der Waals surface area (Å²) in [6, 6.07) is 0. The summed E-state index contributed by atoms with van der Waals surface area (Å²) in [6.45, 7) is 0. The molecule has 18 heteroatoms. The van der Waals surface area contributed by atoms with Crippen molar-refractivity contribution >= 4 is 0 Å². The van der Waals surface area contributed by atoms with Crippen molar-refractivity contribution in [1.82, 2.24) is 0 Å². The predicted octanol–water partition coefficient (Wildman–Crippen LogP) is -5.77. The van der Waals surface area contributed by atoms with Crippen LogP contribution in [-0.2, 0) is 90.6 Å². The van der Waals surface area contributed by atoms with E-state index < -0.39 is 54.5 Å². The summed E-state index contributed by atoms with van der Waals surface area (Å²) in [7, 11) is 0. The van der Waals surface area contributed by atoms with E-state index in [0.29, 0.717) is 0 Å². The maximum absolute atomic E-state index is 9.38. The molecule has 0 aliphatic heterocycles. The second kappa shape index (κ2) is 7.91. The molecule has 0 rings (SSSR count). The van der Waals surface area contributed by atoms with Crippen molar-refractivity contribution in [3.63, 3.8) is 0 Å². The van der Waals surface area contributed by atoms with E-state index >= 15 is 0 Å². The first-order valence-corrected chi connectivity index (χ1v) is 11.0. The first-order valence-electron chi connectivity index (χ1n) is 2.67. The summed E-state index contributed by atoms with van der Waals surface area (Å²) in [5, 5.41) is 0. The van der Waals surface area contributed by atoms with Crippen LogP contribution in [0.5, 0.6) is 0 Å². The fourth-order valence-corrected chi connectivity index (χ4v) is 3.47. The van der Waals surface area contributed by atoms with Gasteiger partial charge >= 0.3 is 115 Å². The third-order valence-corrected chi connectivity index (χ3v) is 5.67. The van der Waals surface area contributed by atoms with Crippen molar-refractivity contribution in [3.8, 4) is 0 Å². The molecule has 0 spiro atoms. The normalized spacial score (nSPS) is 12.8. The van der Waals surface area contributed by atoms with Crippen LogP contribution in [0.3, 0.4) is 0 Å². The van der Waals surface area contributed by atoms with Gasteiger partial charge in [0, 0.05) is 0 Å². The van der Waals surface area contributed by atoms with Crippen LogP contribution >= 0.6 is 0 Å². The van der Waals surface area contributed by atoms with E-state index in [1.807, 2.05) is 0 Å². The Morgan fingerprint density at radius 2 is 0.579 bits per heavy atom. The van der Waals surface area contributed by atoms with Gasteiger partial charge in [-0.3, -0.25) is 0 Å². The van der Waals surface area contributed by atoms with Gasteiger partial charge in [-0.1, -0.05) is 0 Å². The molecule has 0 bridgehead atoms. The van der Waals surface area contributed by atoms with Gasteiger partial charge in [0.05, 0.1) is 0 Å². The first kappa shape index (κ1) is 24.3. The van der Waals surface area contributed by atoms with Gasteiger partial charge in [0.15, 0.2) is 0 Å².